The molecule has 7 heteroatoms. The van der Waals surface area contributed by atoms with Crippen molar-refractivity contribution in [2.45, 2.75) is 6.61 Å². The number of aryl methyl sites for hydroxylation is 1. The predicted octanol–water partition coefficient (Wildman–Crippen LogP) is 3.14. The molecular formula is C16H13FN2O3S. The Labute approximate surface area is 135 Å². The Kier molecular flexibility index (Phi) is 4.38. The molecule has 1 aromatic carbocycles. The summed E-state index contributed by atoms with van der Waals surface area (Å²) in [7, 11) is 1.81. The van der Waals surface area contributed by atoms with Gasteiger partial charge in [-0.05, 0) is 36.4 Å². The molecule has 23 heavy (non-hydrogen) atoms. The van der Waals surface area contributed by atoms with E-state index >= 15 is 0 Å². The zero-order valence-electron chi connectivity index (χ0n) is 12.2. The highest BCUT2D eigenvalue weighted by molar-refractivity contribution is 7.07. The summed E-state index contributed by atoms with van der Waals surface area (Å²) in [5.74, 6) is 0.383. The number of carbonyl (C=O) groups is 1. The topological polar surface area (TPSA) is 56.7 Å². The Morgan fingerprint density at radius 3 is 2.78 bits per heavy atom. The van der Waals surface area contributed by atoms with E-state index in [4.69, 9.17) is 9.15 Å². The lowest BCUT2D eigenvalue weighted by atomic mass is 10.3. The zero-order valence-corrected chi connectivity index (χ0v) is 13.0. The van der Waals surface area contributed by atoms with E-state index in [9.17, 15) is 9.18 Å². The fraction of sp³-hybridized carbons (Fsp3) is 0.125. The van der Waals surface area contributed by atoms with Crippen LogP contribution in [-0.2, 0) is 13.7 Å². The average Bonchev–Trinajstić information content (AvgIpc) is 3.17. The lowest BCUT2D eigenvalue weighted by Crippen LogP contribution is -2.12. The maximum Gasteiger partial charge on any atom is 0.315 e. The molecule has 3 rings (SSSR count). The second kappa shape index (κ2) is 6.62. The first-order valence-corrected chi connectivity index (χ1v) is 7.66. The van der Waals surface area contributed by atoms with Gasteiger partial charge in [0.1, 0.15) is 23.9 Å². The van der Waals surface area contributed by atoms with Crippen molar-refractivity contribution in [2.75, 3.05) is 0 Å². The molecule has 0 aliphatic heterocycles. The van der Waals surface area contributed by atoms with E-state index in [2.05, 4.69) is 4.99 Å². The molecule has 0 radical (unpaired) electrons. The van der Waals surface area contributed by atoms with Crippen LogP contribution in [0.2, 0.25) is 0 Å². The maximum atomic E-state index is 12.8. The molecular weight excluding hydrogens is 319 g/mol. The number of nitrogens with zero attached hydrogens (tertiary/aromatic N) is 2. The number of aromatic nitrogens is 1. The van der Waals surface area contributed by atoms with E-state index in [0.717, 1.165) is 0 Å². The van der Waals surface area contributed by atoms with Gasteiger partial charge in [-0.1, -0.05) is 0 Å². The molecule has 0 saturated heterocycles. The second-order valence-corrected chi connectivity index (χ2v) is 5.60. The van der Waals surface area contributed by atoms with Gasteiger partial charge in [0.05, 0.1) is 0 Å². The molecule has 0 fully saturated rings. The lowest BCUT2D eigenvalue weighted by Gasteiger charge is -2.03. The largest absolute Gasteiger partial charge is 0.486 e. The number of hydrogen-bond donors (Lipinski definition) is 0. The highest BCUT2D eigenvalue weighted by Crippen LogP contribution is 2.15. The summed E-state index contributed by atoms with van der Waals surface area (Å²) in [6.45, 7) is 0.145. The van der Waals surface area contributed by atoms with Gasteiger partial charge in [-0.3, -0.25) is 4.79 Å². The van der Waals surface area contributed by atoms with E-state index in [1.807, 2.05) is 18.6 Å². The van der Waals surface area contributed by atoms with E-state index in [1.165, 1.54) is 35.6 Å². The summed E-state index contributed by atoms with van der Waals surface area (Å²) < 4.78 is 25.5. The third kappa shape index (κ3) is 3.75. The van der Waals surface area contributed by atoms with Crippen LogP contribution < -0.4 is 9.54 Å². The molecule has 0 bridgehead atoms. The predicted molar refractivity (Wildman–Crippen MR) is 82.6 cm³/mol. The Morgan fingerprint density at radius 1 is 1.30 bits per heavy atom. The van der Waals surface area contributed by atoms with Crippen molar-refractivity contribution in [3.63, 3.8) is 0 Å². The van der Waals surface area contributed by atoms with E-state index in [1.54, 1.807) is 16.7 Å². The molecule has 118 valence electrons. The molecule has 0 unspecified atom stereocenters. The Bertz CT molecular complexity index is 877. The Morgan fingerprint density at radius 2 is 2.09 bits per heavy atom. The van der Waals surface area contributed by atoms with Crippen LogP contribution in [-0.4, -0.2) is 10.5 Å². The van der Waals surface area contributed by atoms with Crippen molar-refractivity contribution >= 4 is 17.2 Å². The van der Waals surface area contributed by atoms with Gasteiger partial charge in [-0.25, -0.2) is 4.39 Å². The molecule has 3 aromatic rings. The number of hydrogen-bond acceptors (Lipinski definition) is 4. The minimum Gasteiger partial charge on any atom is -0.486 e. The number of carbonyl (C=O) groups excluding carboxylic acids is 1. The molecule has 1 amide bonds. The zero-order chi connectivity index (χ0) is 16.2. The maximum absolute atomic E-state index is 12.8. The quantitative estimate of drug-likeness (QED) is 0.737. The minimum atomic E-state index is -0.448. The first-order chi connectivity index (χ1) is 11.1. The van der Waals surface area contributed by atoms with Crippen LogP contribution in [0.1, 0.15) is 16.3 Å². The van der Waals surface area contributed by atoms with E-state index < -0.39 is 5.91 Å². The Balaban J connectivity index is 1.67. The molecule has 0 spiro atoms. The van der Waals surface area contributed by atoms with E-state index in [-0.39, 0.29) is 18.2 Å². The third-order valence-corrected chi connectivity index (χ3v) is 3.87. The van der Waals surface area contributed by atoms with Crippen molar-refractivity contribution in [2.24, 2.45) is 12.0 Å². The van der Waals surface area contributed by atoms with Gasteiger partial charge >= 0.3 is 5.91 Å². The molecule has 0 saturated carbocycles. The average molecular weight is 332 g/mol. The first kappa shape index (κ1) is 15.2. The van der Waals surface area contributed by atoms with Crippen LogP contribution in [0.5, 0.6) is 5.75 Å². The molecule has 0 N–H and O–H groups in total. The Hall–Kier alpha value is -2.67. The van der Waals surface area contributed by atoms with Crippen LogP contribution in [0.3, 0.4) is 0 Å². The van der Waals surface area contributed by atoms with Gasteiger partial charge in [-0.2, -0.15) is 4.99 Å². The number of thiazole rings is 1. The second-order valence-electron chi connectivity index (χ2n) is 4.72. The van der Waals surface area contributed by atoms with Crippen LogP contribution in [0.15, 0.2) is 57.4 Å². The van der Waals surface area contributed by atoms with Crippen molar-refractivity contribution in [1.82, 2.24) is 4.57 Å². The van der Waals surface area contributed by atoms with E-state index in [0.29, 0.717) is 16.3 Å². The van der Waals surface area contributed by atoms with Crippen molar-refractivity contribution in [1.29, 1.82) is 0 Å². The van der Waals surface area contributed by atoms with Crippen LogP contribution in [0.4, 0.5) is 4.39 Å². The molecule has 5 nitrogen and oxygen atoms in total. The monoisotopic (exact) mass is 332 g/mol. The van der Waals surface area contributed by atoms with Crippen molar-refractivity contribution < 1.29 is 18.3 Å². The number of ether oxygens (including phenoxy) is 1. The normalized spacial score (nSPS) is 11.7. The van der Waals surface area contributed by atoms with Gasteiger partial charge in [-0.15, -0.1) is 11.3 Å². The fourth-order valence-electron chi connectivity index (χ4n) is 1.83. The molecule has 0 atom stereocenters. The van der Waals surface area contributed by atoms with Gasteiger partial charge in [0.2, 0.25) is 0 Å². The summed E-state index contributed by atoms with van der Waals surface area (Å²) >= 11 is 1.37. The van der Waals surface area contributed by atoms with Gasteiger partial charge in [0.25, 0.3) is 0 Å². The highest BCUT2D eigenvalue weighted by Gasteiger charge is 2.11. The summed E-state index contributed by atoms with van der Waals surface area (Å²) in [4.78, 5) is 16.6. The molecule has 2 heterocycles. The first-order valence-electron chi connectivity index (χ1n) is 6.78. The highest BCUT2D eigenvalue weighted by atomic mass is 32.1. The van der Waals surface area contributed by atoms with Crippen LogP contribution in [0.25, 0.3) is 0 Å². The molecule has 2 aromatic heterocycles. The molecule has 0 aliphatic rings. The summed E-state index contributed by atoms with van der Waals surface area (Å²) in [5.41, 5.74) is 0. The summed E-state index contributed by atoms with van der Waals surface area (Å²) in [6, 6.07) is 8.88. The van der Waals surface area contributed by atoms with Crippen molar-refractivity contribution in [3.05, 3.63) is 70.1 Å². The number of rotatable bonds is 4. The number of furan rings is 1. The number of amides is 1. The lowest BCUT2D eigenvalue weighted by molar-refractivity contribution is 0.0967. The fourth-order valence-corrected chi connectivity index (χ4v) is 2.56. The number of halogens is 1. The SMILES string of the molecule is Cn1ccsc1=NC(=O)c1ccc(COc2ccc(F)cc2)o1. The minimum absolute atomic E-state index is 0.145. The van der Waals surface area contributed by atoms with Crippen LogP contribution in [0, 0.1) is 5.82 Å². The van der Waals surface area contributed by atoms with Crippen LogP contribution >= 0.6 is 11.3 Å². The summed E-state index contributed by atoms with van der Waals surface area (Å²) in [5, 5.41) is 1.84. The molecule has 0 aliphatic carbocycles. The third-order valence-electron chi connectivity index (χ3n) is 3.02. The van der Waals surface area contributed by atoms with Crippen molar-refractivity contribution in [3.8, 4) is 5.75 Å². The van der Waals surface area contributed by atoms with Gasteiger partial charge < -0.3 is 13.7 Å². The summed E-state index contributed by atoms with van der Waals surface area (Å²) in [6.07, 6.45) is 1.82. The number of benzene rings is 1. The standard InChI is InChI=1S/C16H13FN2O3S/c1-19-8-9-23-16(19)18-15(20)14-7-6-13(22-14)10-21-12-4-2-11(17)3-5-12/h2-9H,10H2,1H3. The van der Waals surface area contributed by atoms with Gasteiger partial charge in [0.15, 0.2) is 10.6 Å². The smallest absolute Gasteiger partial charge is 0.315 e. The van der Waals surface area contributed by atoms with Gasteiger partial charge in [0, 0.05) is 18.6 Å².